The third kappa shape index (κ3) is 2.23. The van der Waals surface area contributed by atoms with E-state index in [0.29, 0.717) is 18.6 Å². The number of hydrogen-bond acceptors (Lipinski definition) is 4. The molecule has 0 radical (unpaired) electrons. The maximum atomic E-state index is 11.8. The molecule has 3 heterocycles. The molecule has 92 valence electrons. The van der Waals surface area contributed by atoms with Crippen molar-refractivity contribution >= 4 is 5.97 Å². The molecule has 0 aliphatic carbocycles. The Kier molecular flexibility index (Phi) is 3.82. The first-order chi connectivity index (χ1) is 7.76. The topological polar surface area (TPSA) is 38.8 Å². The lowest BCUT2D eigenvalue weighted by atomic mass is 9.76. The Bertz CT molecular complexity index is 257. The Morgan fingerprint density at radius 2 is 2.31 bits per heavy atom. The number of esters is 1. The van der Waals surface area contributed by atoms with E-state index >= 15 is 0 Å². The van der Waals surface area contributed by atoms with E-state index in [1.165, 1.54) is 0 Å². The zero-order valence-corrected chi connectivity index (χ0v) is 10.1. The van der Waals surface area contributed by atoms with E-state index in [0.717, 1.165) is 32.5 Å². The quantitative estimate of drug-likeness (QED) is 0.669. The van der Waals surface area contributed by atoms with Crippen molar-refractivity contribution in [2.24, 2.45) is 11.8 Å². The van der Waals surface area contributed by atoms with Crippen molar-refractivity contribution in [2.45, 2.75) is 25.8 Å². The van der Waals surface area contributed by atoms with Crippen molar-refractivity contribution in [3.8, 4) is 0 Å². The van der Waals surface area contributed by atoms with Gasteiger partial charge in [-0.25, -0.2) is 0 Å². The Labute approximate surface area is 96.9 Å². The van der Waals surface area contributed by atoms with Crippen LogP contribution in [0.25, 0.3) is 0 Å². The number of carbonyl (C=O) groups excluding carboxylic acids is 1. The van der Waals surface area contributed by atoms with Crippen molar-refractivity contribution in [1.82, 2.24) is 4.90 Å². The number of fused-ring (bicyclic) bond motifs is 3. The van der Waals surface area contributed by atoms with Gasteiger partial charge >= 0.3 is 5.97 Å². The molecule has 0 aromatic heterocycles. The summed E-state index contributed by atoms with van der Waals surface area (Å²) in [5.41, 5.74) is 0. The fourth-order valence-corrected chi connectivity index (χ4v) is 3.02. The highest BCUT2D eigenvalue weighted by Crippen LogP contribution is 2.36. The van der Waals surface area contributed by atoms with Crippen molar-refractivity contribution < 1.29 is 14.3 Å². The monoisotopic (exact) mass is 227 g/mol. The number of methoxy groups -OCH3 is 1. The van der Waals surface area contributed by atoms with E-state index in [-0.39, 0.29) is 11.9 Å². The maximum Gasteiger partial charge on any atom is 0.310 e. The van der Waals surface area contributed by atoms with Gasteiger partial charge in [0.25, 0.3) is 0 Å². The van der Waals surface area contributed by atoms with Gasteiger partial charge in [-0.15, -0.1) is 0 Å². The van der Waals surface area contributed by atoms with Crippen molar-refractivity contribution in [1.29, 1.82) is 0 Å². The molecule has 0 aromatic carbocycles. The molecule has 3 rings (SSSR count). The van der Waals surface area contributed by atoms with E-state index in [2.05, 4.69) is 4.90 Å². The highest BCUT2D eigenvalue weighted by Gasteiger charge is 2.43. The van der Waals surface area contributed by atoms with E-state index < -0.39 is 0 Å². The van der Waals surface area contributed by atoms with Crippen LogP contribution in [0.2, 0.25) is 0 Å². The van der Waals surface area contributed by atoms with Crippen LogP contribution >= 0.6 is 0 Å². The predicted octanol–water partition coefficient (Wildman–Crippen LogP) is 0.906. The Hall–Kier alpha value is -0.610. The Morgan fingerprint density at radius 3 is 2.88 bits per heavy atom. The van der Waals surface area contributed by atoms with Gasteiger partial charge in [-0.3, -0.25) is 9.69 Å². The minimum Gasteiger partial charge on any atom is -0.466 e. The summed E-state index contributed by atoms with van der Waals surface area (Å²) in [5, 5.41) is 0. The van der Waals surface area contributed by atoms with Crippen molar-refractivity contribution in [3.05, 3.63) is 0 Å². The van der Waals surface area contributed by atoms with E-state index in [1.54, 1.807) is 7.11 Å². The van der Waals surface area contributed by atoms with Gasteiger partial charge in [0.1, 0.15) is 0 Å². The second-order valence-electron chi connectivity index (χ2n) is 4.75. The first-order valence-electron chi connectivity index (χ1n) is 6.15. The van der Waals surface area contributed by atoms with Crippen LogP contribution in [0, 0.1) is 11.8 Å². The average molecular weight is 227 g/mol. The van der Waals surface area contributed by atoms with Gasteiger partial charge in [-0.2, -0.15) is 0 Å². The predicted molar refractivity (Wildman–Crippen MR) is 60.1 cm³/mol. The lowest BCUT2D eigenvalue weighted by Crippen LogP contribution is -2.56. The average Bonchev–Trinajstić information content (AvgIpc) is 2.30. The Morgan fingerprint density at radius 1 is 1.50 bits per heavy atom. The molecule has 16 heavy (non-hydrogen) atoms. The minimum atomic E-state index is -0.00642. The molecule has 0 aromatic rings. The molecule has 3 fully saturated rings. The van der Waals surface area contributed by atoms with Gasteiger partial charge in [0.15, 0.2) is 0 Å². The molecule has 4 atom stereocenters. The summed E-state index contributed by atoms with van der Waals surface area (Å²) >= 11 is 0. The van der Waals surface area contributed by atoms with E-state index in [1.807, 2.05) is 6.92 Å². The van der Waals surface area contributed by atoms with Gasteiger partial charge in [0.2, 0.25) is 0 Å². The summed E-state index contributed by atoms with van der Waals surface area (Å²) in [6.45, 7) is 5.11. The third-order valence-corrected chi connectivity index (χ3v) is 3.83. The highest BCUT2D eigenvalue weighted by atomic mass is 16.5. The van der Waals surface area contributed by atoms with Crippen LogP contribution in [0.3, 0.4) is 0 Å². The number of nitrogens with zero attached hydrogens (tertiary/aromatic N) is 1. The molecule has 2 bridgehead atoms. The summed E-state index contributed by atoms with van der Waals surface area (Å²) in [6.07, 6.45) is 2.21. The van der Waals surface area contributed by atoms with Crippen molar-refractivity contribution in [2.75, 3.05) is 33.4 Å². The van der Waals surface area contributed by atoms with Crippen molar-refractivity contribution in [3.63, 3.8) is 0 Å². The summed E-state index contributed by atoms with van der Waals surface area (Å²) in [5.74, 6) is 0.596. The molecule has 0 saturated carbocycles. The summed E-state index contributed by atoms with van der Waals surface area (Å²) < 4.78 is 10.4. The number of piperidine rings is 3. The lowest BCUT2D eigenvalue weighted by Gasteiger charge is -2.48. The van der Waals surface area contributed by atoms with Gasteiger partial charge in [-0.1, -0.05) is 0 Å². The van der Waals surface area contributed by atoms with Crippen LogP contribution in [0.4, 0.5) is 0 Å². The van der Waals surface area contributed by atoms with Crippen LogP contribution in [0.1, 0.15) is 19.8 Å². The largest absolute Gasteiger partial charge is 0.466 e. The smallest absolute Gasteiger partial charge is 0.310 e. The van der Waals surface area contributed by atoms with E-state index in [9.17, 15) is 4.79 Å². The standard InChI is InChI=1S/C12H21NO3/c1-3-16-12(14)11-7-13-5-4-9(11)6-10(13)8-15-2/h9-11H,3-8H2,1-2H3. The van der Waals surface area contributed by atoms with Gasteiger partial charge in [0, 0.05) is 19.7 Å². The molecule has 0 N–H and O–H groups in total. The Balaban J connectivity index is 1.95. The van der Waals surface area contributed by atoms with Crippen LogP contribution < -0.4 is 0 Å². The fraction of sp³-hybridized carbons (Fsp3) is 0.917. The summed E-state index contributed by atoms with van der Waals surface area (Å²) in [4.78, 5) is 14.2. The highest BCUT2D eigenvalue weighted by molar-refractivity contribution is 5.73. The molecule has 3 aliphatic rings. The zero-order valence-electron chi connectivity index (χ0n) is 10.1. The maximum absolute atomic E-state index is 11.8. The SMILES string of the molecule is CCOC(=O)C1CN2CCC1CC2COC. The first kappa shape index (κ1) is 11.9. The van der Waals surface area contributed by atoms with Crippen LogP contribution in [-0.2, 0) is 14.3 Å². The van der Waals surface area contributed by atoms with Crippen LogP contribution in [0.15, 0.2) is 0 Å². The van der Waals surface area contributed by atoms with Gasteiger partial charge < -0.3 is 9.47 Å². The number of ether oxygens (including phenoxy) is 2. The van der Waals surface area contributed by atoms with E-state index in [4.69, 9.17) is 9.47 Å². The lowest BCUT2D eigenvalue weighted by molar-refractivity contribution is -0.157. The first-order valence-corrected chi connectivity index (χ1v) is 6.15. The number of rotatable bonds is 4. The van der Waals surface area contributed by atoms with Crippen LogP contribution in [0.5, 0.6) is 0 Å². The number of carbonyl (C=O) groups is 1. The second-order valence-corrected chi connectivity index (χ2v) is 4.75. The van der Waals surface area contributed by atoms with Gasteiger partial charge in [0.05, 0.1) is 19.1 Å². The van der Waals surface area contributed by atoms with Crippen LogP contribution in [-0.4, -0.2) is 50.3 Å². The number of hydrogen-bond donors (Lipinski definition) is 0. The molecular formula is C12H21NO3. The minimum absolute atomic E-state index is 0.00642. The summed E-state index contributed by atoms with van der Waals surface area (Å²) in [6, 6.07) is 0.509. The third-order valence-electron chi connectivity index (χ3n) is 3.83. The molecule has 4 heteroatoms. The molecule has 3 aliphatic heterocycles. The fourth-order valence-electron chi connectivity index (χ4n) is 3.02. The molecule has 3 saturated heterocycles. The summed E-state index contributed by atoms with van der Waals surface area (Å²) in [7, 11) is 1.74. The second kappa shape index (κ2) is 5.15. The normalized spacial score (nSPS) is 37.4. The molecule has 4 unspecified atom stereocenters. The zero-order chi connectivity index (χ0) is 11.5. The molecule has 0 amide bonds. The molecule has 0 spiro atoms. The van der Waals surface area contributed by atoms with Gasteiger partial charge in [-0.05, 0) is 32.2 Å². The molecule has 4 nitrogen and oxygen atoms in total. The molecular weight excluding hydrogens is 206 g/mol.